The second kappa shape index (κ2) is 6.47. The maximum atomic E-state index is 13.2. The van der Waals surface area contributed by atoms with E-state index in [1.807, 2.05) is 6.92 Å². The molecule has 1 unspecified atom stereocenters. The Labute approximate surface area is 111 Å². The van der Waals surface area contributed by atoms with Gasteiger partial charge in [-0.2, -0.15) is 0 Å². The molecule has 2 N–H and O–H groups in total. The van der Waals surface area contributed by atoms with Crippen molar-refractivity contribution in [3.05, 3.63) is 23.6 Å². The van der Waals surface area contributed by atoms with Crippen molar-refractivity contribution >= 4 is 11.7 Å². The molecule has 0 aliphatic carbocycles. The number of hydrogen-bond donors (Lipinski definition) is 2. The van der Waals surface area contributed by atoms with E-state index in [4.69, 9.17) is 4.74 Å². The molecule has 1 atom stereocenters. The maximum Gasteiger partial charge on any atom is 0.255 e. The van der Waals surface area contributed by atoms with Gasteiger partial charge >= 0.3 is 0 Å². The Morgan fingerprint density at radius 3 is 3.16 bits per heavy atom. The monoisotopic (exact) mass is 267 g/mol. The first-order valence-electron chi connectivity index (χ1n) is 6.48. The second-order valence-corrected chi connectivity index (χ2v) is 4.51. The van der Waals surface area contributed by atoms with Gasteiger partial charge in [-0.3, -0.25) is 4.79 Å². The predicted octanol–water partition coefficient (Wildman–Crippen LogP) is 1.56. The summed E-state index contributed by atoms with van der Waals surface area (Å²) in [4.78, 5) is 16.1. The Hall–Kier alpha value is -1.69. The molecule has 104 valence electrons. The summed E-state index contributed by atoms with van der Waals surface area (Å²) in [7, 11) is 0. The lowest BCUT2D eigenvalue weighted by Gasteiger charge is -2.13. The third kappa shape index (κ3) is 3.64. The highest BCUT2D eigenvalue weighted by Crippen LogP contribution is 2.15. The summed E-state index contributed by atoms with van der Waals surface area (Å²) < 4.78 is 18.4. The first-order chi connectivity index (χ1) is 9.20. The van der Waals surface area contributed by atoms with Crippen LogP contribution in [0.25, 0.3) is 0 Å². The SMILES string of the molecule is CCCNc1ncc(F)cc1C(=O)NC1CCOC1. The van der Waals surface area contributed by atoms with Crippen LogP contribution in [0, 0.1) is 5.82 Å². The molecule has 0 aromatic carbocycles. The van der Waals surface area contributed by atoms with E-state index in [0.29, 0.717) is 25.6 Å². The van der Waals surface area contributed by atoms with Gasteiger partial charge in [-0.15, -0.1) is 0 Å². The number of carbonyl (C=O) groups is 1. The van der Waals surface area contributed by atoms with Crippen LogP contribution in [0.3, 0.4) is 0 Å². The van der Waals surface area contributed by atoms with Gasteiger partial charge in [0.05, 0.1) is 24.4 Å². The van der Waals surface area contributed by atoms with Gasteiger partial charge in [0.15, 0.2) is 0 Å². The summed E-state index contributed by atoms with van der Waals surface area (Å²) in [5.41, 5.74) is 0.236. The molecule has 1 saturated heterocycles. The number of anilines is 1. The van der Waals surface area contributed by atoms with Crippen LogP contribution in [0.5, 0.6) is 0 Å². The molecule has 1 aromatic rings. The number of aromatic nitrogens is 1. The van der Waals surface area contributed by atoms with Crippen LogP contribution in [-0.4, -0.2) is 36.7 Å². The van der Waals surface area contributed by atoms with Gasteiger partial charge in [0.25, 0.3) is 5.91 Å². The summed E-state index contributed by atoms with van der Waals surface area (Å²) >= 11 is 0. The van der Waals surface area contributed by atoms with E-state index in [-0.39, 0.29) is 17.5 Å². The fourth-order valence-electron chi connectivity index (χ4n) is 1.91. The van der Waals surface area contributed by atoms with Crippen molar-refractivity contribution in [3.8, 4) is 0 Å². The van der Waals surface area contributed by atoms with Crippen LogP contribution in [0.15, 0.2) is 12.3 Å². The predicted molar refractivity (Wildman–Crippen MR) is 69.7 cm³/mol. The number of carbonyl (C=O) groups excluding carboxylic acids is 1. The number of hydrogen-bond acceptors (Lipinski definition) is 4. The smallest absolute Gasteiger partial charge is 0.255 e. The van der Waals surface area contributed by atoms with Crippen LogP contribution in [0.1, 0.15) is 30.1 Å². The van der Waals surface area contributed by atoms with Crippen LogP contribution in [-0.2, 0) is 4.74 Å². The zero-order valence-corrected chi connectivity index (χ0v) is 10.9. The van der Waals surface area contributed by atoms with Gasteiger partial charge in [-0.05, 0) is 18.9 Å². The second-order valence-electron chi connectivity index (χ2n) is 4.51. The van der Waals surface area contributed by atoms with Crippen LogP contribution < -0.4 is 10.6 Å². The lowest BCUT2D eigenvalue weighted by Crippen LogP contribution is -2.35. The van der Waals surface area contributed by atoms with E-state index in [2.05, 4.69) is 15.6 Å². The highest BCUT2D eigenvalue weighted by molar-refractivity contribution is 5.98. The van der Waals surface area contributed by atoms with Crippen molar-refractivity contribution in [2.24, 2.45) is 0 Å². The topological polar surface area (TPSA) is 63.2 Å². The molecule has 19 heavy (non-hydrogen) atoms. The van der Waals surface area contributed by atoms with Crippen molar-refractivity contribution < 1.29 is 13.9 Å². The number of nitrogens with one attached hydrogen (secondary N) is 2. The lowest BCUT2D eigenvalue weighted by atomic mass is 10.2. The first kappa shape index (κ1) is 13.7. The Morgan fingerprint density at radius 1 is 1.63 bits per heavy atom. The zero-order chi connectivity index (χ0) is 13.7. The fourth-order valence-corrected chi connectivity index (χ4v) is 1.91. The molecule has 0 radical (unpaired) electrons. The van der Waals surface area contributed by atoms with Gasteiger partial charge in [0.2, 0.25) is 0 Å². The molecule has 1 aliphatic heterocycles. The molecule has 1 aromatic heterocycles. The summed E-state index contributed by atoms with van der Waals surface area (Å²) in [5, 5.41) is 5.85. The summed E-state index contributed by atoms with van der Waals surface area (Å²) in [6.07, 6.45) is 2.79. The standard InChI is InChI=1S/C13H18FN3O2/c1-2-4-15-12-11(6-9(14)7-16-12)13(18)17-10-3-5-19-8-10/h6-7,10H,2-5,8H2,1H3,(H,15,16)(H,17,18). The molecule has 2 rings (SSSR count). The first-order valence-corrected chi connectivity index (χ1v) is 6.48. The lowest BCUT2D eigenvalue weighted by molar-refractivity contribution is 0.0930. The average molecular weight is 267 g/mol. The number of ether oxygens (including phenoxy) is 1. The largest absolute Gasteiger partial charge is 0.379 e. The van der Waals surface area contributed by atoms with Crippen molar-refractivity contribution in [2.45, 2.75) is 25.8 Å². The minimum atomic E-state index is -0.519. The quantitative estimate of drug-likeness (QED) is 0.850. The number of amides is 1. The van der Waals surface area contributed by atoms with Crippen LogP contribution in [0.4, 0.5) is 10.2 Å². The van der Waals surface area contributed by atoms with Crippen molar-refractivity contribution in [1.82, 2.24) is 10.3 Å². The van der Waals surface area contributed by atoms with Crippen molar-refractivity contribution in [1.29, 1.82) is 0 Å². The molecule has 1 fully saturated rings. The Bertz CT molecular complexity index is 448. The molecule has 0 spiro atoms. The number of halogens is 1. The average Bonchev–Trinajstić information content (AvgIpc) is 2.90. The molecule has 1 amide bonds. The van der Waals surface area contributed by atoms with E-state index in [1.165, 1.54) is 6.07 Å². The van der Waals surface area contributed by atoms with E-state index in [9.17, 15) is 9.18 Å². The summed E-state index contributed by atoms with van der Waals surface area (Å²) in [6.45, 7) is 3.84. The highest BCUT2D eigenvalue weighted by Gasteiger charge is 2.21. The number of nitrogens with zero attached hydrogens (tertiary/aromatic N) is 1. The van der Waals surface area contributed by atoms with E-state index in [1.54, 1.807) is 0 Å². The van der Waals surface area contributed by atoms with Gasteiger partial charge in [0.1, 0.15) is 11.6 Å². The van der Waals surface area contributed by atoms with Gasteiger partial charge in [0, 0.05) is 13.2 Å². The molecule has 2 heterocycles. The molecule has 5 nitrogen and oxygen atoms in total. The zero-order valence-electron chi connectivity index (χ0n) is 10.9. The number of rotatable bonds is 5. The molecule has 6 heteroatoms. The molecule has 1 aliphatic rings. The molecular weight excluding hydrogens is 249 g/mol. The normalized spacial score (nSPS) is 18.3. The molecule has 0 bridgehead atoms. The van der Waals surface area contributed by atoms with Crippen molar-refractivity contribution in [3.63, 3.8) is 0 Å². The summed E-state index contributed by atoms with van der Waals surface area (Å²) in [5.74, 6) is -0.421. The minimum absolute atomic E-state index is 0.00482. The van der Waals surface area contributed by atoms with Gasteiger partial charge in [-0.25, -0.2) is 9.37 Å². The highest BCUT2D eigenvalue weighted by atomic mass is 19.1. The van der Waals surface area contributed by atoms with Gasteiger partial charge in [-0.1, -0.05) is 6.92 Å². The molecular formula is C13H18FN3O2. The summed E-state index contributed by atoms with van der Waals surface area (Å²) in [6, 6.07) is 1.20. The van der Waals surface area contributed by atoms with Gasteiger partial charge < -0.3 is 15.4 Å². The maximum absolute atomic E-state index is 13.2. The van der Waals surface area contributed by atoms with E-state index < -0.39 is 5.82 Å². The van der Waals surface area contributed by atoms with E-state index in [0.717, 1.165) is 19.0 Å². The fraction of sp³-hybridized carbons (Fsp3) is 0.538. The Morgan fingerprint density at radius 2 is 2.47 bits per heavy atom. The van der Waals surface area contributed by atoms with E-state index >= 15 is 0 Å². The third-order valence-electron chi connectivity index (χ3n) is 2.91. The number of pyridine rings is 1. The van der Waals surface area contributed by atoms with Crippen molar-refractivity contribution in [2.75, 3.05) is 25.1 Å². The third-order valence-corrected chi connectivity index (χ3v) is 2.91. The molecule has 0 saturated carbocycles. The Kier molecular flexibility index (Phi) is 4.68. The van der Waals surface area contributed by atoms with Crippen LogP contribution in [0.2, 0.25) is 0 Å². The minimum Gasteiger partial charge on any atom is -0.379 e. The van der Waals surface area contributed by atoms with Crippen LogP contribution >= 0.6 is 0 Å². The Balaban J connectivity index is 2.11.